The highest BCUT2D eigenvalue weighted by molar-refractivity contribution is 6.17. The highest BCUT2D eigenvalue weighted by Crippen LogP contribution is 2.29. The molecule has 4 heterocycles. The molecule has 1 N–H and O–H groups in total. The molecule has 0 amide bonds. The number of pyridine rings is 1. The van der Waals surface area contributed by atoms with E-state index >= 15 is 0 Å². The predicted molar refractivity (Wildman–Crippen MR) is 96.4 cm³/mol. The van der Waals surface area contributed by atoms with Gasteiger partial charge in [0.2, 0.25) is 0 Å². The van der Waals surface area contributed by atoms with E-state index in [-0.39, 0.29) is 19.1 Å². The molecule has 0 aromatic carbocycles. The fourth-order valence-corrected chi connectivity index (χ4v) is 3.29. The minimum Gasteiger partial charge on any atom is -0.367 e. The molecule has 6 nitrogen and oxygen atoms in total. The molecule has 8 heteroatoms. The average Bonchev–Trinajstić information content (AvgIpc) is 3.19. The highest BCUT2D eigenvalue weighted by Gasteiger charge is 2.34. The van der Waals surface area contributed by atoms with Crippen LogP contribution in [0.1, 0.15) is 30.7 Å². The molecule has 0 radical (unpaired) electrons. The van der Waals surface area contributed by atoms with Gasteiger partial charge in [0.15, 0.2) is 12.3 Å². The minimum atomic E-state index is -1.48. The van der Waals surface area contributed by atoms with Crippen molar-refractivity contribution in [1.29, 1.82) is 0 Å². The lowest BCUT2D eigenvalue weighted by Gasteiger charge is -2.17. The first kappa shape index (κ1) is 16.8. The molecule has 2 aromatic heterocycles. The molecule has 2 atom stereocenters. The number of nitrogens with one attached hydrogen (secondary N) is 1. The Morgan fingerprint density at radius 1 is 1.15 bits per heavy atom. The van der Waals surface area contributed by atoms with Gasteiger partial charge in [0, 0.05) is 23.9 Å². The third-order valence-corrected chi connectivity index (χ3v) is 4.51. The number of fused-ring (bicyclic) bond motifs is 1. The van der Waals surface area contributed by atoms with E-state index in [9.17, 15) is 8.78 Å². The van der Waals surface area contributed by atoms with Gasteiger partial charge in [0.05, 0.1) is 31.0 Å². The Labute approximate surface area is 150 Å². The zero-order valence-electron chi connectivity index (χ0n) is 14.7. The Morgan fingerprint density at radius 3 is 2.65 bits per heavy atom. The fourth-order valence-electron chi connectivity index (χ4n) is 3.29. The van der Waals surface area contributed by atoms with Gasteiger partial charge in [-0.25, -0.2) is 23.7 Å². The number of rotatable bonds is 4. The van der Waals surface area contributed by atoms with Crippen molar-refractivity contribution in [1.82, 2.24) is 15.0 Å². The summed E-state index contributed by atoms with van der Waals surface area (Å²) >= 11 is 0. The SMILES string of the molecule is CC(C)Nc1nccc2c1C(c1cc(N3C[C@@H](F)[C@H](F)C3)ncn1)=NC2. The molecule has 1 fully saturated rings. The molecule has 0 saturated carbocycles. The van der Waals surface area contributed by atoms with Crippen molar-refractivity contribution >= 4 is 17.3 Å². The van der Waals surface area contributed by atoms with E-state index in [2.05, 4.69) is 25.3 Å². The van der Waals surface area contributed by atoms with Crippen LogP contribution >= 0.6 is 0 Å². The summed E-state index contributed by atoms with van der Waals surface area (Å²) in [5.74, 6) is 1.28. The van der Waals surface area contributed by atoms with Crippen molar-refractivity contribution in [3.63, 3.8) is 0 Å². The number of halogens is 2. The maximum Gasteiger partial charge on any atom is 0.150 e. The van der Waals surface area contributed by atoms with E-state index in [0.29, 0.717) is 18.1 Å². The molecule has 26 heavy (non-hydrogen) atoms. The molecule has 0 bridgehead atoms. The van der Waals surface area contributed by atoms with Crippen molar-refractivity contribution in [3.05, 3.63) is 41.5 Å². The molecule has 0 aliphatic carbocycles. The van der Waals surface area contributed by atoms with Gasteiger partial charge >= 0.3 is 0 Å². The summed E-state index contributed by atoms with van der Waals surface area (Å²) in [6.45, 7) is 4.65. The lowest BCUT2D eigenvalue weighted by molar-refractivity contribution is 0.217. The van der Waals surface area contributed by atoms with Crippen LogP contribution < -0.4 is 10.2 Å². The molecule has 136 valence electrons. The average molecular weight is 358 g/mol. The molecule has 4 rings (SSSR count). The van der Waals surface area contributed by atoms with E-state index in [4.69, 9.17) is 0 Å². The maximum absolute atomic E-state index is 13.5. The van der Waals surface area contributed by atoms with Crippen LogP contribution in [-0.2, 0) is 6.54 Å². The van der Waals surface area contributed by atoms with E-state index in [1.807, 2.05) is 19.9 Å². The first-order valence-corrected chi connectivity index (χ1v) is 8.67. The molecule has 2 aromatic rings. The number of hydrogen-bond acceptors (Lipinski definition) is 6. The van der Waals surface area contributed by atoms with Crippen LogP contribution in [0.5, 0.6) is 0 Å². The summed E-state index contributed by atoms with van der Waals surface area (Å²) in [5.41, 5.74) is 3.37. The summed E-state index contributed by atoms with van der Waals surface area (Å²) in [5, 5.41) is 3.34. The molecule has 0 spiro atoms. The van der Waals surface area contributed by atoms with Gasteiger partial charge < -0.3 is 10.2 Å². The summed E-state index contributed by atoms with van der Waals surface area (Å²) in [4.78, 5) is 19.2. The summed E-state index contributed by atoms with van der Waals surface area (Å²) < 4.78 is 27.1. The standard InChI is InChI=1S/C18H20F2N6/c1-10(2)25-18-16-11(3-4-21-18)6-22-17(16)14-5-15(24-9-23-14)26-7-12(19)13(20)8-26/h3-5,9-10,12-13H,6-8H2,1-2H3,(H,21,25)/t12-,13-/m1/s1. The third kappa shape index (κ3) is 3.00. The van der Waals surface area contributed by atoms with Crippen molar-refractivity contribution in [2.24, 2.45) is 4.99 Å². The van der Waals surface area contributed by atoms with Crippen molar-refractivity contribution < 1.29 is 8.78 Å². The topological polar surface area (TPSA) is 66.3 Å². The molecule has 2 aliphatic rings. The molecular formula is C18H20F2N6. The van der Waals surface area contributed by atoms with Crippen LogP contribution in [0.4, 0.5) is 20.4 Å². The first-order valence-electron chi connectivity index (χ1n) is 8.67. The second-order valence-electron chi connectivity index (χ2n) is 6.86. The van der Waals surface area contributed by atoms with Crippen LogP contribution in [0.15, 0.2) is 29.6 Å². The molecular weight excluding hydrogens is 338 g/mol. The van der Waals surface area contributed by atoms with Gasteiger partial charge in [0.1, 0.15) is 18.0 Å². The lowest BCUT2D eigenvalue weighted by atomic mass is 10.0. The van der Waals surface area contributed by atoms with Gasteiger partial charge in [-0.2, -0.15) is 0 Å². The number of aliphatic imine (C=N–C) groups is 1. The molecule has 1 saturated heterocycles. The Kier molecular flexibility index (Phi) is 4.26. The smallest absolute Gasteiger partial charge is 0.150 e. The summed E-state index contributed by atoms with van der Waals surface area (Å²) in [6, 6.07) is 3.91. The summed E-state index contributed by atoms with van der Waals surface area (Å²) in [6.07, 6.45) is 0.212. The Bertz CT molecular complexity index is 843. The van der Waals surface area contributed by atoms with E-state index in [0.717, 1.165) is 22.7 Å². The second-order valence-corrected chi connectivity index (χ2v) is 6.86. The molecule has 2 aliphatic heterocycles. The predicted octanol–water partition coefficient (Wildman–Crippen LogP) is 2.54. The largest absolute Gasteiger partial charge is 0.367 e. The highest BCUT2D eigenvalue weighted by atomic mass is 19.2. The summed E-state index contributed by atoms with van der Waals surface area (Å²) in [7, 11) is 0. The van der Waals surface area contributed by atoms with Crippen molar-refractivity contribution in [2.45, 2.75) is 38.8 Å². The van der Waals surface area contributed by atoms with Crippen LogP contribution in [0.2, 0.25) is 0 Å². The number of nitrogens with zero attached hydrogens (tertiary/aromatic N) is 5. The Morgan fingerprint density at radius 2 is 1.92 bits per heavy atom. The van der Waals surface area contributed by atoms with E-state index in [1.54, 1.807) is 17.2 Å². The first-order chi connectivity index (χ1) is 12.5. The minimum absolute atomic E-state index is 0.00237. The zero-order chi connectivity index (χ0) is 18.3. The van der Waals surface area contributed by atoms with Gasteiger partial charge in [-0.15, -0.1) is 0 Å². The van der Waals surface area contributed by atoms with Crippen molar-refractivity contribution in [3.8, 4) is 0 Å². The number of hydrogen-bond donors (Lipinski definition) is 1. The van der Waals surface area contributed by atoms with Gasteiger partial charge in [-0.05, 0) is 25.5 Å². The normalized spacial score (nSPS) is 21.9. The van der Waals surface area contributed by atoms with Crippen LogP contribution in [-0.4, -0.2) is 52.1 Å². The Balaban J connectivity index is 1.68. The number of alkyl halides is 2. The maximum atomic E-state index is 13.5. The number of aromatic nitrogens is 3. The monoisotopic (exact) mass is 358 g/mol. The van der Waals surface area contributed by atoms with Gasteiger partial charge in [0.25, 0.3) is 0 Å². The fraction of sp³-hybridized carbons (Fsp3) is 0.444. The van der Waals surface area contributed by atoms with Crippen LogP contribution in [0, 0.1) is 0 Å². The van der Waals surface area contributed by atoms with Crippen LogP contribution in [0.25, 0.3) is 0 Å². The molecule has 0 unspecified atom stereocenters. The van der Waals surface area contributed by atoms with Gasteiger partial charge in [-0.1, -0.05) is 0 Å². The van der Waals surface area contributed by atoms with E-state index in [1.165, 1.54) is 6.33 Å². The quantitative estimate of drug-likeness (QED) is 0.910. The Hall–Kier alpha value is -2.64. The van der Waals surface area contributed by atoms with Gasteiger partial charge in [-0.3, -0.25) is 4.99 Å². The zero-order valence-corrected chi connectivity index (χ0v) is 14.7. The van der Waals surface area contributed by atoms with Crippen LogP contribution in [0.3, 0.4) is 0 Å². The van der Waals surface area contributed by atoms with Crippen molar-refractivity contribution in [2.75, 3.05) is 23.3 Å². The number of anilines is 2. The van der Waals surface area contributed by atoms with E-state index < -0.39 is 12.3 Å². The second kappa shape index (κ2) is 6.59. The third-order valence-electron chi connectivity index (χ3n) is 4.51. The lowest BCUT2D eigenvalue weighted by Crippen LogP contribution is -2.22.